The molecule has 184 valence electrons. The number of carbonyl (C=O) groups excluding carboxylic acids is 1. The standard InChI is InChI=1S/C29H24N4O2S2/c1-19-11-13-20(14-12-19)18-33-28(35)24(37-29(33)36)17-22-26(30-25-10-4-5-15-32(25)27(22)34)31-16-6-8-21-7-2-3-9-23(21)31/h2-5,7,9-15,17H,6,8,16,18H2,1H3/b24-17+. The van der Waals surface area contributed by atoms with E-state index in [1.807, 2.05) is 55.5 Å². The normalized spacial score (nSPS) is 16.6. The number of carbonyl (C=O) groups is 1. The van der Waals surface area contributed by atoms with E-state index in [9.17, 15) is 9.59 Å². The van der Waals surface area contributed by atoms with Gasteiger partial charge < -0.3 is 4.90 Å². The molecule has 0 aliphatic carbocycles. The number of rotatable bonds is 4. The van der Waals surface area contributed by atoms with Crippen molar-refractivity contribution in [2.45, 2.75) is 26.3 Å². The molecule has 0 N–H and O–H groups in total. The molecule has 2 aliphatic heterocycles. The second-order valence-corrected chi connectivity index (χ2v) is 10.9. The zero-order valence-electron chi connectivity index (χ0n) is 20.3. The van der Waals surface area contributed by atoms with Crippen molar-refractivity contribution >= 4 is 57.4 Å². The molecule has 6 rings (SSSR count). The first-order chi connectivity index (χ1) is 18.0. The molecule has 0 saturated carbocycles. The molecule has 1 fully saturated rings. The summed E-state index contributed by atoms with van der Waals surface area (Å²) in [5.41, 5.74) is 5.16. The molecule has 2 aromatic heterocycles. The van der Waals surface area contributed by atoms with Crippen LogP contribution in [0.5, 0.6) is 0 Å². The second-order valence-electron chi connectivity index (χ2n) is 9.22. The van der Waals surface area contributed by atoms with Crippen LogP contribution in [0.1, 0.15) is 28.7 Å². The number of aryl methyl sites for hydroxylation is 2. The van der Waals surface area contributed by atoms with Crippen molar-refractivity contribution in [3.05, 3.63) is 110 Å². The number of pyridine rings is 1. The van der Waals surface area contributed by atoms with Crippen LogP contribution in [0.15, 0.2) is 82.6 Å². The zero-order valence-corrected chi connectivity index (χ0v) is 21.9. The van der Waals surface area contributed by atoms with E-state index in [0.717, 1.165) is 36.2 Å². The molecule has 8 heteroatoms. The fourth-order valence-electron chi connectivity index (χ4n) is 4.82. The summed E-state index contributed by atoms with van der Waals surface area (Å²) in [6.45, 7) is 3.16. The number of amides is 1. The van der Waals surface area contributed by atoms with Gasteiger partial charge in [0, 0.05) is 18.4 Å². The van der Waals surface area contributed by atoms with E-state index in [0.29, 0.717) is 32.8 Å². The molecule has 0 atom stereocenters. The van der Waals surface area contributed by atoms with Gasteiger partial charge in [-0.05, 0) is 55.2 Å². The van der Waals surface area contributed by atoms with Crippen LogP contribution in [-0.2, 0) is 17.8 Å². The summed E-state index contributed by atoms with van der Waals surface area (Å²) in [6.07, 6.45) is 5.31. The van der Waals surface area contributed by atoms with Crippen molar-refractivity contribution in [3.63, 3.8) is 0 Å². The zero-order chi connectivity index (χ0) is 25.5. The van der Waals surface area contributed by atoms with Gasteiger partial charge in [-0.2, -0.15) is 0 Å². The average molecular weight is 525 g/mol. The number of hydrogen-bond donors (Lipinski definition) is 0. The van der Waals surface area contributed by atoms with Crippen molar-refractivity contribution in [2.75, 3.05) is 11.4 Å². The fourth-order valence-corrected chi connectivity index (χ4v) is 6.06. The van der Waals surface area contributed by atoms with Gasteiger partial charge in [-0.1, -0.05) is 78.1 Å². The SMILES string of the molecule is Cc1ccc(CN2C(=O)/C(=C\c3c(N4CCCc5ccccc54)nc4ccccn4c3=O)SC2=S)cc1. The van der Waals surface area contributed by atoms with Gasteiger partial charge in [0.05, 0.1) is 17.0 Å². The first-order valence-corrected chi connectivity index (χ1v) is 13.4. The van der Waals surface area contributed by atoms with Gasteiger partial charge in [-0.25, -0.2) is 4.98 Å². The summed E-state index contributed by atoms with van der Waals surface area (Å²) in [7, 11) is 0. The highest BCUT2D eigenvalue weighted by atomic mass is 32.2. The average Bonchev–Trinajstić information content (AvgIpc) is 3.18. The summed E-state index contributed by atoms with van der Waals surface area (Å²) in [4.78, 5) is 36.3. The van der Waals surface area contributed by atoms with E-state index < -0.39 is 0 Å². The molecular formula is C29H24N4O2S2. The van der Waals surface area contributed by atoms with Crippen LogP contribution in [0.2, 0.25) is 0 Å². The van der Waals surface area contributed by atoms with E-state index in [4.69, 9.17) is 17.2 Å². The third kappa shape index (κ3) is 4.36. The van der Waals surface area contributed by atoms with E-state index in [2.05, 4.69) is 17.0 Å². The maximum absolute atomic E-state index is 13.8. The lowest BCUT2D eigenvalue weighted by Crippen LogP contribution is -2.30. The molecule has 0 bridgehead atoms. The van der Waals surface area contributed by atoms with Crippen LogP contribution >= 0.6 is 24.0 Å². The van der Waals surface area contributed by atoms with Gasteiger partial charge in [0.15, 0.2) is 0 Å². The Morgan fingerprint density at radius 1 is 1.03 bits per heavy atom. The van der Waals surface area contributed by atoms with E-state index >= 15 is 0 Å². The van der Waals surface area contributed by atoms with Crippen LogP contribution in [0.3, 0.4) is 0 Å². The largest absolute Gasteiger partial charge is 0.325 e. The fraction of sp³-hybridized carbons (Fsp3) is 0.172. The Labute approximate surface area is 224 Å². The molecule has 0 spiro atoms. The molecule has 4 aromatic rings. The highest BCUT2D eigenvalue weighted by Gasteiger charge is 2.33. The monoisotopic (exact) mass is 524 g/mol. The number of anilines is 2. The van der Waals surface area contributed by atoms with Gasteiger partial charge in [-0.3, -0.25) is 18.9 Å². The highest BCUT2D eigenvalue weighted by molar-refractivity contribution is 8.26. The molecule has 6 nitrogen and oxygen atoms in total. The molecule has 0 unspecified atom stereocenters. The lowest BCUT2D eigenvalue weighted by atomic mass is 10.0. The first kappa shape index (κ1) is 23.6. The second kappa shape index (κ2) is 9.61. The van der Waals surface area contributed by atoms with Crippen LogP contribution in [-0.4, -0.2) is 31.1 Å². The third-order valence-corrected chi connectivity index (χ3v) is 8.10. The minimum atomic E-state index is -0.215. The first-order valence-electron chi connectivity index (χ1n) is 12.2. The Balaban J connectivity index is 1.45. The molecule has 1 saturated heterocycles. The smallest absolute Gasteiger partial charge is 0.267 e. The third-order valence-electron chi connectivity index (χ3n) is 6.73. The lowest BCUT2D eigenvalue weighted by Gasteiger charge is -2.31. The van der Waals surface area contributed by atoms with Crippen molar-refractivity contribution in [1.29, 1.82) is 0 Å². The molecule has 2 aromatic carbocycles. The Morgan fingerprint density at radius 3 is 2.65 bits per heavy atom. The number of fused-ring (bicyclic) bond motifs is 2. The van der Waals surface area contributed by atoms with Crippen molar-refractivity contribution in [3.8, 4) is 0 Å². The number of thioether (sulfide) groups is 1. The Kier molecular flexibility index (Phi) is 6.14. The van der Waals surface area contributed by atoms with Gasteiger partial charge in [0.1, 0.15) is 15.8 Å². The summed E-state index contributed by atoms with van der Waals surface area (Å²) in [5, 5.41) is 0. The van der Waals surface area contributed by atoms with Crippen molar-refractivity contribution in [2.24, 2.45) is 0 Å². The Hall–Kier alpha value is -3.75. The van der Waals surface area contributed by atoms with Gasteiger partial charge in [0.25, 0.3) is 11.5 Å². The van der Waals surface area contributed by atoms with Gasteiger partial charge >= 0.3 is 0 Å². The molecule has 4 heterocycles. The molecule has 1 amide bonds. The minimum Gasteiger partial charge on any atom is -0.325 e. The van der Waals surface area contributed by atoms with E-state index in [1.54, 1.807) is 23.2 Å². The molecule has 0 radical (unpaired) electrons. The number of hydrogen-bond acceptors (Lipinski definition) is 6. The van der Waals surface area contributed by atoms with E-state index in [1.165, 1.54) is 21.7 Å². The van der Waals surface area contributed by atoms with Crippen LogP contribution < -0.4 is 10.5 Å². The predicted octanol–water partition coefficient (Wildman–Crippen LogP) is 5.49. The summed E-state index contributed by atoms with van der Waals surface area (Å²) < 4.78 is 2.01. The number of nitrogens with zero attached hydrogens (tertiary/aromatic N) is 4. The topological polar surface area (TPSA) is 57.9 Å². The van der Waals surface area contributed by atoms with Gasteiger partial charge in [-0.15, -0.1) is 0 Å². The van der Waals surface area contributed by atoms with E-state index in [-0.39, 0.29) is 11.5 Å². The summed E-state index contributed by atoms with van der Waals surface area (Å²) in [5.74, 6) is 0.366. The summed E-state index contributed by atoms with van der Waals surface area (Å²) >= 11 is 6.80. The maximum atomic E-state index is 13.8. The maximum Gasteiger partial charge on any atom is 0.267 e. The molecule has 2 aliphatic rings. The summed E-state index contributed by atoms with van der Waals surface area (Å²) in [6, 6.07) is 21.8. The number of benzene rings is 2. The molecule has 37 heavy (non-hydrogen) atoms. The number of thiocarbonyl (C=S) groups is 1. The Bertz CT molecular complexity index is 1640. The Morgan fingerprint density at radius 2 is 1.81 bits per heavy atom. The quantitative estimate of drug-likeness (QED) is 0.260. The van der Waals surface area contributed by atoms with Crippen molar-refractivity contribution in [1.82, 2.24) is 14.3 Å². The highest BCUT2D eigenvalue weighted by Crippen LogP contribution is 2.37. The number of aromatic nitrogens is 2. The minimum absolute atomic E-state index is 0.196. The van der Waals surface area contributed by atoms with Crippen LogP contribution in [0.4, 0.5) is 11.5 Å². The van der Waals surface area contributed by atoms with Crippen LogP contribution in [0.25, 0.3) is 11.7 Å². The van der Waals surface area contributed by atoms with Gasteiger partial charge in [0.2, 0.25) is 0 Å². The lowest BCUT2D eigenvalue weighted by molar-refractivity contribution is -0.122. The van der Waals surface area contributed by atoms with Crippen molar-refractivity contribution < 1.29 is 4.79 Å². The number of para-hydroxylation sites is 1. The van der Waals surface area contributed by atoms with Crippen LogP contribution in [0, 0.1) is 6.92 Å². The predicted molar refractivity (Wildman–Crippen MR) is 153 cm³/mol. The molecular weight excluding hydrogens is 500 g/mol.